The molecule has 1 aromatic carbocycles. The molecule has 0 atom stereocenters. The van der Waals surface area contributed by atoms with Crippen LogP contribution in [0.4, 0.5) is 5.69 Å². The lowest BCUT2D eigenvalue weighted by Crippen LogP contribution is -2.14. The van der Waals surface area contributed by atoms with Gasteiger partial charge in [0, 0.05) is 19.7 Å². The van der Waals surface area contributed by atoms with Crippen LogP contribution in [-0.4, -0.2) is 31.2 Å². The first-order valence-corrected chi connectivity index (χ1v) is 8.66. The molecule has 0 aliphatic rings. The molecule has 0 aliphatic heterocycles. The topological polar surface area (TPSA) is 60.5 Å². The Morgan fingerprint density at radius 3 is 2.80 bits per heavy atom. The van der Waals surface area contributed by atoms with E-state index >= 15 is 0 Å². The van der Waals surface area contributed by atoms with E-state index in [0.29, 0.717) is 47.7 Å². The zero-order valence-corrected chi connectivity index (χ0v) is 15.4. The van der Waals surface area contributed by atoms with E-state index in [-0.39, 0.29) is 5.91 Å². The molecule has 0 saturated carbocycles. The molecule has 0 radical (unpaired) electrons. The van der Waals surface area contributed by atoms with E-state index in [4.69, 9.17) is 32.7 Å². The first-order valence-electron chi connectivity index (χ1n) is 7.90. The summed E-state index contributed by atoms with van der Waals surface area (Å²) in [5, 5.41) is 3.88. The number of anilines is 1. The number of ether oxygens (including phenoxy) is 2. The summed E-state index contributed by atoms with van der Waals surface area (Å²) in [6, 6.07) is 9.00. The van der Waals surface area contributed by atoms with Crippen molar-refractivity contribution in [2.45, 2.75) is 19.3 Å². The summed E-state index contributed by atoms with van der Waals surface area (Å²) in [6.45, 7) is 0.821. The largest absolute Gasteiger partial charge is 0.474 e. The molecule has 1 amide bonds. The molecule has 5 nitrogen and oxygen atoms in total. The molecule has 1 aromatic heterocycles. The summed E-state index contributed by atoms with van der Waals surface area (Å²) in [6.07, 6.45) is 3.44. The first-order chi connectivity index (χ1) is 12.1. The fourth-order valence-corrected chi connectivity index (χ4v) is 2.50. The summed E-state index contributed by atoms with van der Waals surface area (Å²) in [7, 11) is 1.60. The van der Waals surface area contributed by atoms with E-state index in [2.05, 4.69) is 10.3 Å². The second-order valence-electron chi connectivity index (χ2n) is 5.35. The van der Waals surface area contributed by atoms with Gasteiger partial charge in [-0.15, -0.1) is 0 Å². The minimum atomic E-state index is -0.0929. The predicted octanol–water partition coefficient (Wildman–Crippen LogP) is 4.38. The number of carbonyl (C=O) groups is 1. The molecule has 0 saturated heterocycles. The van der Waals surface area contributed by atoms with Crippen LogP contribution in [-0.2, 0) is 16.0 Å². The summed E-state index contributed by atoms with van der Waals surface area (Å²) in [5.41, 5.74) is 1.60. The van der Waals surface area contributed by atoms with Gasteiger partial charge >= 0.3 is 0 Å². The molecule has 1 N–H and O–H groups in total. The van der Waals surface area contributed by atoms with Gasteiger partial charge < -0.3 is 14.8 Å². The Morgan fingerprint density at radius 1 is 1.20 bits per heavy atom. The maximum atomic E-state index is 12.1. The molecule has 0 aliphatic carbocycles. The average molecular weight is 383 g/mol. The molecule has 0 fully saturated rings. The number of amides is 1. The number of rotatable bonds is 9. The molecule has 0 unspecified atom stereocenters. The van der Waals surface area contributed by atoms with Gasteiger partial charge in [0.05, 0.1) is 16.7 Å². The number of pyridine rings is 1. The van der Waals surface area contributed by atoms with Gasteiger partial charge in [-0.05, 0) is 42.7 Å². The summed E-state index contributed by atoms with van der Waals surface area (Å²) < 4.78 is 10.4. The molecule has 1 heterocycles. The molecule has 2 rings (SSSR count). The van der Waals surface area contributed by atoms with E-state index < -0.39 is 0 Å². The standard InChI is InChI=1S/C18H20Cl2N2O3/c1-24-10-11-25-18-16(5-3-9-21-18)22-17(23)6-2-4-13-7-8-14(19)15(20)12-13/h3,5,7-9,12H,2,4,6,10-11H2,1H3,(H,22,23). The molecular weight excluding hydrogens is 363 g/mol. The van der Waals surface area contributed by atoms with E-state index in [1.165, 1.54) is 0 Å². The van der Waals surface area contributed by atoms with Crippen LogP contribution >= 0.6 is 23.2 Å². The van der Waals surface area contributed by atoms with Crippen LogP contribution in [0.1, 0.15) is 18.4 Å². The normalized spacial score (nSPS) is 10.5. The Balaban J connectivity index is 1.82. The third-order valence-electron chi connectivity index (χ3n) is 3.42. The van der Waals surface area contributed by atoms with Gasteiger partial charge in [-0.25, -0.2) is 4.98 Å². The zero-order valence-electron chi connectivity index (χ0n) is 13.9. The molecule has 0 bridgehead atoms. The fraction of sp³-hybridized carbons (Fsp3) is 0.333. The third-order valence-corrected chi connectivity index (χ3v) is 4.16. The summed E-state index contributed by atoms with van der Waals surface area (Å²) in [4.78, 5) is 16.3. The number of nitrogens with zero attached hydrogens (tertiary/aromatic N) is 1. The fourth-order valence-electron chi connectivity index (χ4n) is 2.18. The molecule has 0 spiro atoms. The van der Waals surface area contributed by atoms with E-state index in [1.54, 1.807) is 31.5 Å². The van der Waals surface area contributed by atoms with Crippen molar-refractivity contribution in [3.8, 4) is 5.88 Å². The number of aromatic nitrogens is 1. The summed E-state index contributed by atoms with van der Waals surface area (Å²) in [5.74, 6) is 0.294. The highest BCUT2D eigenvalue weighted by atomic mass is 35.5. The lowest BCUT2D eigenvalue weighted by atomic mass is 10.1. The van der Waals surface area contributed by atoms with Crippen molar-refractivity contribution < 1.29 is 14.3 Å². The Bertz CT molecular complexity index is 710. The average Bonchev–Trinajstić information content (AvgIpc) is 2.60. The van der Waals surface area contributed by atoms with Gasteiger partial charge in [0.1, 0.15) is 12.3 Å². The van der Waals surface area contributed by atoms with Crippen molar-refractivity contribution in [1.82, 2.24) is 4.98 Å². The molecular formula is C18H20Cl2N2O3. The van der Waals surface area contributed by atoms with E-state index in [1.807, 2.05) is 12.1 Å². The molecule has 2 aromatic rings. The number of hydrogen-bond donors (Lipinski definition) is 1. The van der Waals surface area contributed by atoms with Crippen LogP contribution in [0.3, 0.4) is 0 Å². The third kappa shape index (κ3) is 6.53. The van der Waals surface area contributed by atoms with Crippen molar-refractivity contribution in [3.63, 3.8) is 0 Å². The number of benzene rings is 1. The number of aryl methyl sites for hydroxylation is 1. The van der Waals surface area contributed by atoms with E-state index in [0.717, 1.165) is 12.0 Å². The van der Waals surface area contributed by atoms with Crippen molar-refractivity contribution >= 4 is 34.8 Å². The number of nitrogens with one attached hydrogen (secondary N) is 1. The smallest absolute Gasteiger partial charge is 0.237 e. The Labute approximate surface area is 157 Å². The maximum Gasteiger partial charge on any atom is 0.237 e. The highest BCUT2D eigenvalue weighted by molar-refractivity contribution is 6.42. The van der Waals surface area contributed by atoms with Crippen LogP contribution in [0.2, 0.25) is 10.0 Å². The highest BCUT2D eigenvalue weighted by Crippen LogP contribution is 2.24. The lowest BCUT2D eigenvalue weighted by molar-refractivity contribution is -0.116. The highest BCUT2D eigenvalue weighted by Gasteiger charge is 2.09. The monoisotopic (exact) mass is 382 g/mol. The number of hydrogen-bond acceptors (Lipinski definition) is 4. The van der Waals surface area contributed by atoms with Gasteiger partial charge in [-0.1, -0.05) is 29.3 Å². The molecule has 25 heavy (non-hydrogen) atoms. The minimum Gasteiger partial charge on any atom is -0.474 e. The Morgan fingerprint density at radius 2 is 2.04 bits per heavy atom. The number of carbonyl (C=O) groups excluding carboxylic acids is 1. The second kappa shape index (κ2) is 10.2. The van der Waals surface area contributed by atoms with Crippen molar-refractivity contribution in [2.75, 3.05) is 25.6 Å². The Hall–Kier alpha value is -1.82. The van der Waals surface area contributed by atoms with Gasteiger partial charge in [0.2, 0.25) is 11.8 Å². The SMILES string of the molecule is COCCOc1ncccc1NC(=O)CCCc1ccc(Cl)c(Cl)c1. The summed E-state index contributed by atoms with van der Waals surface area (Å²) >= 11 is 11.9. The first kappa shape index (κ1) is 19.5. The van der Waals surface area contributed by atoms with Crippen LogP contribution in [0.25, 0.3) is 0 Å². The predicted molar refractivity (Wildman–Crippen MR) is 99.6 cm³/mol. The molecule has 7 heteroatoms. The van der Waals surface area contributed by atoms with Gasteiger partial charge in [-0.3, -0.25) is 4.79 Å². The van der Waals surface area contributed by atoms with Crippen LogP contribution in [0.5, 0.6) is 5.88 Å². The molecule has 134 valence electrons. The number of methoxy groups -OCH3 is 1. The van der Waals surface area contributed by atoms with Crippen molar-refractivity contribution in [1.29, 1.82) is 0 Å². The van der Waals surface area contributed by atoms with Gasteiger partial charge in [0.25, 0.3) is 0 Å². The number of halogens is 2. The van der Waals surface area contributed by atoms with Crippen molar-refractivity contribution in [3.05, 3.63) is 52.1 Å². The maximum absolute atomic E-state index is 12.1. The quantitative estimate of drug-likeness (QED) is 0.653. The van der Waals surface area contributed by atoms with Crippen molar-refractivity contribution in [2.24, 2.45) is 0 Å². The van der Waals surface area contributed by atoms with Crippen LogP contribution in [0, 0.1) is 0 Å². The lowest BCUT2D eigenvalue weighted by Gasteiger charge is -2.11. The minimum absolute atomic E-state index is 0.0929. The van der Waals surface area contributed by atoms with Gasteiger partial charge in [0.15, 0.2) is 0 Å². The second-order valence-corrected chi connectivity index (χ2v) is 6.16. The van der Waals surface area contributed by atoms with E-state index in [9.17, 15) is 4.79 Å². The van der Waals surface area contributed by atoms with Crippen LogP contribution < -0.4 is 10.1 Å². The zero-order chi connectivity index (χ0) is 18.1. The van der Waals surface area contributed by atoms with Gasteiger partial charge in [-0.2, -0.15) is 0 Å². The van der Waals surface area contributed by atoms with Crippen LogP contribution in [0.15, 0.2) is 36.5 Å². The Kier molecular flexibility index (Phi) is 7.98.